The molecular weight excluding hydrogens is 364 g/mol. The van der Waals surface area contributed by atoms with E-state index in [-0.39, 0.29) is 0 Å². The smallest absolute Gasteiger partial charge is 0.191 e. The third-order valence-corrected chi connectivity index (χ3v) is 5.46. The van der Waals surface area contributed by atoms with Gasteiger partial charge in [-0.15, -0.1) is 0 Å². The summed E-state index contributed by atoms with van der Waals surface area (Å²) in [7, 11) is 1.81. The van der Waals surface area contributed by atoms with E-state index in [9.17, 15) is 0 Å². The molecule has 1 heterocycles. The first-order chi connectivity index (χ1) is 14.2. The van der Waals surface area contributed by atoms with Crippen LogP contribution in [-0.2, 0) is 22.6 Å². The van der Waals surface area contributed by atoms with Crippen LogP contribution in [0.4, 0.5) is 0 Å². The quantitative estimate of drug-likeness (QED) is 0.319. The third-order valence-electron chi connectivity index (χ3n) is 5.46. The lowest BCUT2D eigenvalue weighted by atomic mass is 10.0. The van der Waals surface area contributed by atoms with Crippen molar-refractivity contribution >= 4 is 5.96 Å². The van der Waals surface area contributed by atoms with Crippen molar-refractivity contribution in [3.05, 3.63) is 35.4 Å². The second-order valence-corrected chi connectivity index (χ2v) is 7.61. The van der Waals surface area contributed by atoms with Gasteiger partial charge >= 0.3 is 0 Å². The van der Waals surface area contributed by atoms with Crippen molar-refractivity contribution in [2.75, 3.05) is 53.1 Å². The molecule has 0 spiro atoms. The van der Waals surface area contributed by atoms with Gasteiger partial charge in [0.25, 0.3) is 0 Å². The fourth-order valence-corrected chi connectivity index (χ4v) is 3.42. The average Bonchev–Trinajstić information content (AvgIpc) is 2.78. The Hall–Kier alpha value is -1.63. The Bertz CT molecular complexity index is 567. The normalized spacial score (nSPS) is 15.7. The molecule has 0 radical (unpaired) electrons. The summed E-state index contributed by atoms with van der Waals surface area (Å²) in [6.45, 7) is 12.6. The maximum absolute atomic E-state index is 5.81. The summed E-state index contributed by atoms with van der Waals surface area (Å²) in [5, 5.41) is 6.75. The van der Waals surface area contributed by atoms with E-state index in [1.165, 1.54) is 11.1 Å². The molecule has 29 heavy (non-hydrogen) atoms. The Labute approximate surface area is 177 Å². The van der Waals surface area contributed by atoms with E-state index < -0.39 is 0 Å². The van der Waals surface area contributed by atoms with Gasteiger partial charge in [-0.25, -0.2) is 0 Å². The summed E-state index contributed by atoms with van der Waals surface area (Å²) in [5.74, 6) is 1.51. The summed E-state index contributed by atoms with van der Waals surface area (Å²) >= 11 is 0. The van der Waals surface area contributed by atoms with Crippen molar-refractivity contribution in [3.8, 4) is 0 Å². The third kappa shape index (κ3) is 9.61. The number of benzene rings is 1. The molecule has 1 saturated heterocycles. The molecule has 164 valence electrons. The molecule has 0 aliphatic carbocycles. The number of rotatable bonds is 12. The zero-order valence-corrected chi connectivity index (χ0v) is 18.6. The van der Waals surface area contributed by atoms with Gasteiger partial charge in [0.05, 0.1) is 0 Å². The maximum atomic E-state index is 5.81. The van der Waals surface area contributed by atoms with Crippen molar-refractivity contribution in [1.82, 2.24) is 15.5 Å². The van der Waals surface area contributed by atoms with Crippen LogP contribution in [0.25, 0.3) is 0 Å². The van der Waals surface area contributed by atoms with E-state index in [1.54, 1.807) is 0 Å². The zero-order chi connectivity index (χ0) is 20.7. The molecule has 1 fully saturated rings. The summed E-state index contributed by atoms with van der Waals surface area (Å²) in [4.78, 5) is 6.73. The van der Waals surface area contributed by atoms with Gasteiger partial charge in [-0.3, -0.25) is 9.89 Å². The minimum absolute atomic E-state index is 0.671. The Balaban J connectivity index is 1.58. The van der Waals surface area contributed by atoms with Crippen LogP contribution in [0.5, 0.6) is 0 Å². The number of guanidine groups is 1. The van der Waals surface area contributed by atoms with Gasteiger partial charge in [-0.05, 0) is 49.4 Å². The fraction of sp³-hybridized carbons (Fsp3) is 0.696. The van der Waals surface area contributed by atoms with Crippen molar-refractivity contribution < 1.29 is 9.47 Å². The van der Waals surface area contributed by atoms with Crippen LogP contribution in [0, 0.1) is 5.92 Å². The highest BCUT2D eigenvalue weighted by atomic mass is 16.5. The zero-order valence-electron chi connectivity index (χ0n) is 18.6. The van der Waals surface area contributed by atoms with E-state index in [2.05, 4.69) is 58.6 Å². The Morgan fingerprint density at radius 3 is 2.45 bits per heavy atom. The van der Waals surface area contributed by atoms with E-state index in [4.69, 9.17) is 9.47 Å². The number of nitrogens with one attached hydrogen (secondary N) is 2. The van der Waals surface area contributed by atoms with E-state index in [0.717, 1.165) is 84.4 Å². The minimum atomic E-state index is 0.671. The second kappa shape index (κ2) is 14.4. The molecule has 0 bridgehead atoms. The Kier molecular flexibility index (Phi) is 11.7. The highest BCUT2D eigenvalue weighted by molar-refractivity contribution is 5.79. The molecule has 6 heteroatoms. The van der Waals surface area contributed by atoms with Crippen molar-refractivity contribution in [2.45, 2.75) is 46.2 Å². The topological polar surface area (TPSA) is 58.1 Å². The summed E-state index contributed by atoms with van der Waals surface area (Å²) < 4.78 is 11.2. The molecule has 0 atom stereocenters. The summed E-state index contributed by atoms with van der Waals surface area (Å²) in [6.07, 6.45) is 3.24. The molecule has 2 rings (SSSR count). The number of nitrogens with zero attached hydrogens (tertiary/aromatic N) is 2. The first-order valence-electron chi connectivity index (χ1n) is 11.1. The molecule has 1 aromatic carbocycles. The predicted octanol–water partition coefficient (Wildman–Crippen LogP) is 3.03. The number of hydrogen-bond donors (Lipinski definition) is 2. The van der Waals surface area contributed by atoms with Crippen LogP contribution in [0.15, 0.2) is 29.3 Å². The lowest BCUT2D eigenvalue weighted by Crippen LogP contribution is -2.37. The highest BCUT2D eigenvalue weighted by Gasteiger charge is 2.13. The van der Waals surface area contributed by atoms with E-state index in [1.807, 2.05) is 7.05 Å². The van der Waals surface area contributed by atoms with Crippen molar-refractivity contribution in [2.24, 2.45) is 10.9 Å². The highest BCUT2D eigenvalue weighted by Crippen LogP contribution is 2.14. The van der Waals surface area contributed by atoms with Gasteiger partial charge in [0.15, 0.2) is 5.96 Å². The largest absolute Gasteiger partial charge is 0.381 e. The first-order valence-corrected chi connectivity index (χ1v) is 11.1. The second-order valence-electron chi connectivity index (χ2n) is 7.61. The van der Waals surface area contributed by atoms with Gasteiger partial charge in [-0.1, -0.05) is 38.1 Å². The van der Waals surface area contributed by atoms with Crippen LogP contribution >= 0.6 is 0 Å². The Morgan fingerprint density at radius 1 is 1.10 bits per heavy atom. The van der Waals surface area contributed by atoms with Gasteiger partial charge in [0.2, 0.25) is 0 Å². The summed E-state index contributed by atoms with van der Waals surface area (Å²) in [5.41, 5.74) is 2.62. The lowest BCUT2D eigenvalue weighted by molar-refractivity contribution is 0.0203. The molecule has 1 aliphatic heterocycles. The molecule has 0 amide bonds. The number of hydrogen-bond acceptors (Lipinski definition) is 4. The molecule has 0 unspecified atom stereocenters. The van der Waals surface area contributed by atoms with Crippen molar-refractivity contribution in [1.29, 1.82) is 0 Å². The van der Waals surface area contributed by atoms with Crippen LogP contribution in [-0.4, -0.2) is 64.0 Å². The van der Waals surface area contributed by atoms with Gasteiger partial charge in [0.1, 0.15) is 0 Å². The van der Waals surface area contributed by atoms with Gasteiger partial charge in [-0.2, -0.15) is 0 Å². The first kappa shape index (κ1) is 23.6. The Morgan fingerprint density at radius 2 is 1.79 bits per heavy atom. The molecule has 0 aromatic heterocycles. The van der Waals surface area contributed by atoms with Crippen LogP contribution < -0.4 is 10.6 Å². The number of ether oxygens (including phenoxy) is 2. The average molecular weight is 405 g/mol. The van der Waals surface area contributed by atoms with E-state index >= 15 is 0 Å². The van der Waals surface area contributed by atoms with Crippen LogP contribution in [0.2, 0.25) is 0 Å². The van der Waals surface area contributed by atoms with Gasteiger partial charge < -0.3 is 20.1 Å². The monoisotopic (exact) mass is 404 g/mol. The molecule has 1 aliphatic rings. The lowest BCUT2D eigenvalue weighted by Gasteiger charge is -2.21. The standard InChI is InChI=1S/C23H40N4O2/c1-4-27(5-2)18-21-9-7-20(8-10-21)17-26-23(24-3)25-13-6-14-29-19-22-11-15-28-16-12-22/h7-10,22H,4-6,11-19H2,1-3H3,(H2,24,25,26). The minimum Gasteiger partial charge on any atom is -0.381 e. The molecule has 1 aromatic rings. The molecule has 6 nitrogen and oxygen atoms in total. The number of aliphatic imine (C=N–C) groups is 1. The summed E-state index contributed by atoms with van der Waals surface area (Å²) in [6, 6.07) is 8.84. The van der Waals surface area contributed by atoms with Crippen molar-refractivity contribution in [3.63, 3.8) is 0 Å². The maximum Gasteiger partial charge on any atom is 0.191 e. The predicted molar refractivity (Wildman–Crippen MR) is 120 cm³/mol. The molecule has 0 saturated carbocycles. The fourth-order valence-electron chi connectivity index (χ4n) is 3.42. The van der Waals surface area contributed by atoms with Crippen LogP contribution in [0.1, 0.15) is 44.2 Å². The van der Waals surface area contributed by atoms with Crippen LogP contribution in [0.3, 0.4) is 0 Å². The molecular formula is C23H40N4O2. The SMILES string of the molecule is CCN(CC)Cc1ccc(CNC(=NC)NCCCOCC2CCOCC2)cc1. The van der Waals surface area contributed by atoms with Gasteiger partial charge in [0, 0.05) is 53.1 Å². The molecule has 2 N–H and O–H groups in total. The van der Waals surface area contributed by atoms with E-state index in [0.29, 0.717) is 5.92 Å².